The van der Waals surface area contributed by atoms with Crippen molar-refractivity contribution >= 4 is 31.9 Å². The number of carbonyl (C=O) groups is 1. The predicted octanol–water partition coefficient (Wildman–Crippen LogP) is 2.73. The van der Waals surface area contributed by atoms with E-state index in [2.05, 4.69) is 21.1 Å². The number of carbonyl (C=O) groups excluding carboxylic acids is 1. The highest BCUT2D eigenvalue weighted by atomic mass is 79.9. The van der Waals surface area contributed by atoms with Gasteiger partial charge < -0.3 is 9.42 Å². The van der Waals surface area contributed by atoms with Gasteiger partial charge in [0.25, 0.3) is 5.91 Å². The van der Waals surface area contributed by atoms with Gasteiger partial charge in [-0.15, -0.1) is 0 Å². The van der Waals surface area contributed by atoms with Crippen LogP contribution in [0, 0.1) is 19.7 Å². The van der Waals surface area contributed by atoms with Gasteiger partial charge in [-0.25, -0.2) is 12.8 Å². The number of amides is 1. The number of hydrogen-bond donors (Lipinski definition) is 0. The summed E-state index contributed by atoms with van der Waals surface area (Å²) in [6.45, 7) is 4.03. The number of nitrogens with zero attached hydrogens (tertiary/aromatic N) is 3. The summed E-state index contributed by atoms with van der Waals surface area (Å²) in [6.07, 6.45) is 0.448. The smallest absolute Gasteiger partial charge is 0.256 e. The lowest BCUT2D eigenvalue weighted by atomic mass is 10.2. The Bertz CT molecular complexity index is 957. The number of sulfonamides is 1. The highest BCUT2D eigenvalue weighted by molar-refractivity contribution is 9.10. The van der Waals surface area contributed by atoms with Gasteiger partial charge in [0, 0.05) is 30.7 Å². The zero-order chi connectivity index (χ0) is 19.8. The fourth-order valence-corrected chi connectivity index (χ4v) is 5.26. The third kappa shape index (κ3) is 3.92. The quantitative estimate of drug-likeness (QED) is 0.704. The standard InChI is InChI=1S/C17H19BrFN3O4S/c1-11-16(12(2)26-20-11)27(24,25)22-7-3-6-21(8-9-22)17(23)14-10-13(18)4-5-15(14)19/h4-5,10H,3,6-9H2,1-2H3. The Morgan fingerprint density at radius 2 is 1.96 bits per heavy atom. The van der Waals surface area contributed by atoms with Gasteiger partial charge in [0.05, 0.1) is 5.56 Å². The summed E-state index contributed by atoms with van der Waals surface area (Å²) in [4.78, 5) is 14.2. The highest BCUT2D eigenvalue weighted by Crippen LogP contribution is 2.25. The third-order valence-electron chi connectivity index (χ3n) is 4.47. The monoisotopic (exact) mass is 459 g/mol. The van der Waals surface area contributed by atoms with Crippen LogP contribution in [0.15, 0.2) is 32.1 Å². The second-order valence-electron chi connectivity index (χ2n) is 6.33. The van der Waals surface area contributed by atoms with Crippen LogP contribution in [0.4, 0.5) is 4.39 Å². The molecular formula is C17H19BrFN3O4S. The summed E-state index contributed by atoms with van der Waals surface area (Å²) in [6, 6.07) is 4.18. The zero-order valence-corrected chi connectivity index (χ0v) is 17.3. The molecule has 1 aromatic carbocycles. The van der Waals surface area contributed by atoms with Gasteiger partial charge >= 0.3 is 0 Å². The molecule has 7 nitrogen and oxygen atoms in total. The Morgan fingerprint density at radius 1 is 1.22 bits per heavy atom. The molecule has 0 unspecified atom stereocenters. The van der Waals surface area contributed by atoms with Gasteiger partial charge in [0.1, 0.15) is 16.4 Å². The molecule has 3 rings (SSSR count). The number of aryl methyl sites for hydroxylation is 2. The van der Waals surface area contributed by atoms with Crippen molar-refractivity contribution < 1.29 is 22.1 Å². The summed E-state index contributed by atoms with van der Waals surface area (Å²) in [5.74, 6) is -0.820. The van der Waals surface area contributed by atoms with E-state index in [4.69, 9.17) is 4.52 Å². The fraction of sp³-hybridized carbons (Fsp3) is 0.412. The second-order valence-corrected chi connectivity index (χ2v) is 9.12. The lowest BCUT2D eigenvalue weighted by Crippen LogP contribution is -2.37. The summed E-state index contributed by atoms with van der Waals surface area (Å²) >= 11 is 3.24. The van der Waals surface area contributed by atoms with Crippen LogP contribution in [0.5, 0.6) is 0 Å². The second kappa shape index (κ2) is 7.69. The van der Waals surface area contributed by atoms with Crippen molar-refractivity contribution in [1.29, 1.82) is 0 Å². The van der Waals surface area contributed by atoms with Crippen LogP contribution in [0.3, 0.4) is 0 Å². The minimum absolute atomic E-state index is 0.0357. The van der Waals surface area contributed by atoms with Crippen LogP contribution in [-0.4, -0.2) is 54.9 Å². The molecule has 1 fully saturated rings. The Kier molecular flexibility index (Phi) is 5.68. The summed E-state index contributed by atoms with van der Waals surface area (Å²) in [5, 5.41) is 3.71. The number of halogens is 2. The van der Waals surface area contributed by atoms with Gasteiger partial charge in [-0.3, -0.25) is 4.79 Å². The van der Waals surface area contributed by atoms with Gasteiger partial charge in [-0.05, 0) is 38.5 Å². The maximum atomic E-state index is 14.0. The van der Waals surface area contributed by atoms with E-state index >= 15 is 0 Å². The SMILES string of the molecule is Cc1noc(C)c1S(=O)(=O)N1CCCN(C(=O)c2cc(Br)ccc2F)CC1. The minimum atomic E-state index is -3.77. The van der Waals surface area contributed by atoms with Crippen LogP contribution in [0.1, 0.15) is 28.2 Å². The minimum Gasteiger partial charge on any atom is -0.360 e. The van der Waals surface area contributed by atoms with E-state index < -0.39 is 21.7 Å². The topological polar surface area (TPSA) is 83.7 Å². The first-order valence-electron chi connectivity index (χ1n) is 8.39. The van der Waals surface area contributed by atoms with Crippen molar-refractivity contribution in [3.05, 3.63) is 45.5 Å². The summed E-state index contributed by atoms with van der Waals surface area (Å²) in [5.41, 5.74) is 0.271. The fourth-order valence-electron chi connectivity index (χ4n) is 3.14. The molecule has 1 amide bonds. The van der Waals surface area contributed by atoms with Crippen LogP contribution < -0.4 is 0 Å². The molecule has 0 spiro atoms. The molecule has 1 aliphatic rings. The molecule has 1 aromatic heterocycles. The van der Waals surface area contributed by atoms with Crippen molar-refractivity contribution in [2.45, 2.75) is 25.2 Å². The normalized spacial score (nSPS) is 16.4. The molecule has 0 N–H and O–H groups in total. The molecule has 0 radical (unpaired) electrons. The van der Waals surface area contributed by atoms with Crippen LogP contribution in [0.2, 0.25) is 0 Å². The molecule has 0 atom stereocenters. The average Bonchev–Trinajstić information content (AvgIpc) is 2.83. The number of hydrogen-bond acceptors (Lipinski definition) is 5. The molecule has 146 valence electrons. The van der Waals surface area contributed by atoms with E-state index in [1.54, 1.807) is 13.8 Å². The van der Waals surface area contributed by atoms with E-state index in [1.807, 2.05) is 0 Å². The maximum Gasteiger partial charge on any atom is 0.256 e. The molecular weight excluding hydrogens is 441 g/mol. The predicted molar refractivity (Wildman–Crippen MR) is 99.4 cm³/mol. The largest absolute Gasteiger partial charge is 0.360 e. The Hall–Kier alpha value is -1.78. The van der Waals surface area contributed by atoms with Crippen LogP contribution >= 0.6 is 15.9 Å². The molecule has 2 heterocycles. The molecule has 27 heavy (non-hydrogen) atoms. The summed E-state index contributed by atoms with van der Waals surface area (Å²) in [7, 11) is -3.77. The zero-order valence-electron chi connectivity index (χ0n) is 14.9. The van der Waals surface area contributed by atoms with Crippen molar-refractivity contribution in [2.24, 2.45) is 0 Å². The first kappa shape index (κ1) is 20.0. The maximum absolute atomic E-state index is 14.0. The van der Waals surface area contributed by atoms with E-state index in [0.717, 1.165) is 0 Å². The molecule has 1 aliphatic heterocycles. The Balaban J connectivity index is 1.80. The molecule has 1 saturated heterocycles. The summed E-state index contributed by atoms with van der Waals surface area (Å²) < 4.78 is 46.8. The highest BCUT2D eigenvalue weighted by Gasteiger charge is 2.33. The van der Waals surface area contributed by atoms with Gasteiger partial charge in [0.15, 0.2) is 5.76 Å². The molecule has 2 aromatic rings. The number of benzene rings is 1. The van der Waals surface area contributed by atoms with Gasteiger partial charge in [-0.2, -0.15) is 4.31 Å². The molecule has 0 bridgehead atoms. The van der Waals surface area contributed by atoms with Crippen LogP contribution in [0.25, 0.3) is 0 Å². The van der Waals surface area contributed by atoms with Gasteiger partial charge in [0.2, 0.25) is 10.0 Å². The van der Waals surface area contributed by atoms with Crippen molar-refractivity contribution in [3.63, 3.8) is 0 Å². The van der Waals surface area contributed by atoms with Crippen molar-refractivity contribution in [3.8, 4) is 0 Å². The molecule has 0 saturated carbocycles. The molecule has 0 aliphatic carbocycles. The Morgan fingerprint density at radius 3 is 2.63 bits per heavy atom. The van der Waals surface area contributed by atoms with Gasteiger partial charge in [-0.1, -0.05) is 21.1 Å². The number of rotatable bonds is 3. The van der Waals surface area contributed by atoms with E-state index in [-0.39, 0.29) is 35.9 Å². The number of aromatic nitrogens is 1. The average molecular weight is 460 g/mol. The third-order valence-corrected chi connectivity index (χ3v) is 7.10. The van der Waals surface area contributed by atoms with E-state index in [9.17, 15) is 17.6 Å². The lowest BCUT2D eigenvalue weighted by Gasteiger charge is -2.22. The lowest BCUT2D eigenvalue weighted by molar-refractivity contribution is 0.0759. The first-order valence-corrected chi connectivity index (χ1v) is 10.6. The Labute approximate surface area is 165 Å². The van der Waals surface area contributed by atoms with Crippen LogP contribution in [-0.2, 0) is 10.0 Å². The van der Waals surface area contributed by atoms with E-state index in [1.165, 1.54) is 27.4 Å². The van der Waals surface area contributed by atoms with E-state index in [0.29, 0.717) is 23.1 Å². The van der Waals surface area contributed by atoms with Crippen molar-refractivity contribution in [2.75, 3.05) is 26.2 Å². The van der Waals surface area contributed by atoms with Crippen molar-refractivity contribution in [1.82, 2.24) is 14.4 Å². The molecule has 10 heteroatoms. The first-order chi connectivity index (χ1) is 12.7.